The van der Waals surface area contributed by atoms with E-state index in [1.165, 1.54) is 11.8 Å². The van der Waals surface area contributed by atoms with Gasteiger partial charge in [0.25, 0.3) is 0 Å². The summed E-state index contributed by atoms with van der Waals surface area (Å²) in [7, 11) is -3.01. The maximum Gasteiger partial charge on any atom is 0.233 e. The normalized spacial score (nSPS) is 20.3. The zero-order valence-electron chi connectivity index (χ0n) is 13.6. The Morgan fingerprint density at radius 2 is 2.12 bits per heavy atom. The first-order valence-electron chi connectivity index (χ1n) is 7.81. The molecule has 1 aromatic carbocycles. The lowest BCUT2D eigenvalue weighted by Crippen LogP contribution is -2.40. The van der Waals surface area contributed by atoms with E-state index in [0.717, 1.165) is 5.69 Å². The number of halogens is 1. The number of hydrogen-bond donors (Lipinski definition) is 1. The topological polar surface area (TPSA) is 81.1 Å². The molecule has 1 saturated heterocycles. The molecule has 25 heavy (non-hydrogen) atoms. The van der Waals surface area contributed by atoms with Gasteiger partial charge in [-0.05, 0) is 37.6 Å². The van der Waals surface area contributed by atoms with Crippen LogP contribution in [-0.4, -0.2) is 46.7 Å². The lowest BCUT2D eigenvalue weighted by molar-refractivity contribution is -0.120. The Kier molecular flexibility index (Phi) is 5.41. The molecule has 0 unspecified atom stereocenters. The van der Waals surface area contributed by atoms with Crippen LogP contribution in [0.3, 0.4) is 0 Å². The van der Waals surface area contributed by atoms with E-state index in [4.69, 9.17) is 11.6 Å². The molecule has 1 N–H and O–H groups in total. The number of benzene rings is 1. The molecule has 1 aromatic heterocycles. The van der Waals surface area contributed by atoms with Crippen LogP contribution >= 0.6 is 23.4 Å². The molecule has 9 heteroatoms. The number of carbonyl (C=O) groups excluding carboxylic acids is 1. The van der Waals surface area contributed by atoms with Gasteiger partial charge in [-0.1, -0.05) is 23.4 Å². The molecule has 6 nitrogen and oxygen atoms in total. The summed E-state index contributed by atoms with van der Waals surface area (Å²) in [5.41, 5.74) is 0.902. The Balaban J connectivity index is 1.65. The van der Waals surface area contributed by atoms with Gasteiger partial charge in [0.15, 0.2) is 15.0 Å². The van der Waals surface area contributed by atoms with Crippen LogP contribution in [0.5, 0.6) is 0 Å². The Labute approximate surface area is 155 Å². The predicted molar refractivity (Wildman–Crippen MR) is 99.1 cm³/mol. The molecular weight excluding hydrogens is 382 g/mol. The summed E-state index contributed by atoms with van der Waals surface area (Å²) in [4.78, 5) is 16.7. The van der Waals surface area contributed by atoms with Gasteiger partial charge in [0, 0.05) is 29.1 Å². The van der Waals surface area contributed by atoms with Crippen molar-refractivity contribution in [2.24, 2.45) is 0 Å². The third kappa shape index (κ3) is 4.56. The molecule has 0 spiro atoms. The smallest absolute Gasteiger partial charge is 0.233 e. The molecule has 1 amide bonds. The largest absolute Gasteiger partial charge is 0.351 e. The number of thioether (sulfide) groups is 1. The van der Waals surface area contributed by atoms with Gasteiger partial charge in [-0.2, -0.15) is 0 Å². The first kappa shape index (κ1) is 18.3. The summed E-state index contributed by atoms with van der Waals surface area (Å²) in [6.07, 6.45) is 3.97. The summed E-state index contributed by atoms with van der Waals surface area (Å²) >= 11 is 7.24. The van der Waals surface area contributed by atoms with Crippen LogP contribution in [0, 0.1) is 0 Å². The highest BCUT2D eigenvalue weighted by Gasteiger charge is 2.30. The second-order valence-corrected chi connectivity index (χ2v) is 9.90. The summed E-state index contributed by atoms with van der Waals surface area (Å²) < 4.78 is 24.9. The summed E-state index contributed by atoms with van der Waals surface area (Å²) in [5.74, 6) is -0.0200. The monoisotopic (exact) mass is 399 g/mol. The minimum Gasteiger partial charge on any atom is -0.351 e. The average molecular weight is 400 g/mol. The van der Waals surface area contributed by atoms with Crippen LogP contribution in [0.4, 0.5) is 0 Å². The molecule has 1 aliphatic rings. The zero-order valence-corrected chi connectivity index (χ0v) is 15.9. The van der Waals surface area contributed by atoms with Crippen molar-refractivity contribution in [1.82, 2.24) is 14.9 Å². The van der Waals surface area contributed by atoms with E-state index in [1.54, 1.807) is 25.3 Å². The number of hydrogen-bond acceptors (Lipinski definition) is 5. The minimum atomic E-state index is -3.01. The van der Waals surface area contributed by atoms with Crippen LogP contribution in [-0.2, 0) is 14.6 Å². The second-order valence-electron chi connectivity index (χ2n) is 5.92. The van der Waals surface area contributed by atoms with Crippen molar-refractivity contribution in [3.63, 3.8) is 0 Å². The van der Waals surface area contributed by atoms with Crippen molar-refractivity contribution in [2.75, 3.05) is 11.5 Å². The van der Waals surface area contributed by atoms with E-state index in [9.17, 15) is 13.2 Å². The van der Waals surface area contributed by atoms with Crippen molar-refractivity contribution >= 4 is 39.1 Å². The molecule has 0 aliphatic carbocycles. The summed E-state index contributed by atoms with van der Waals surface area (Å²) in [6.45, 7) is 1.78. The number of nitrogens with zero attached hydrogens (tertiary/aromatic N) is 2. The Morgan fingerprint density at radius 3 is 2.76 bits per heavy atom. The molecule has 2 aromatic rings. The molecule has 2 heterocycles. The second kappa shape index (κ2) is 7.39. The SMILES string of the molecule is C[C@H](Sc1nccn1-c1ccc(Cl)cc1)C(=O)N[C@@H]1CCS(=O)(=O)C1. The van der Waals surface area contributed by atoms with Crippen molar-refractivity contribution in [3.8, 4) is 5.69 Å². The fourth-order valence-corrected chi connectivity index (χ4v) is 5.31. The lowest BCUT2D eigenvalue weighted by Gasteiger charge is -2.16. The molecule has 1 fully saturated rings. The number of amides is 1. The number of carbonyl (C=O) groups is 1. The Bertz CT molecular complexity index is 865. The van der Waals surface area contributed by atoms with Crippen molar-refractivity contribution in [3.05, 3.63) is 41.7 Å². The van der Waals surface area contributed by atoms with Crippen LogP contribution in [0.15, 0.2) is 41.8 Å². The highest BCUT2D eigenvalue weighted by atomic mass is 35.5. The van der Waals surface area contributed by atoms with E-state index in [2.05, 4.69) is 10.3 Å². The first-order valence-corrected chi connectivity index (χ1v) is 10.9. The molecule has 1 aliphatic heterocycles. The van der Waals surface area contributed by atoms with Gasteiger partial charge < -0.3 is 5.32 Å². The van der Waals surface area contributed by atoms with Crippen molar-refractivity contribution in [2.45, 2.75) is 29.8 Å². The number of rotatable bonds is 5. The van der Waals surface area contributed by atoms with Gasteiger partial charge >= 0.3 is 0 Å². The fourth-order valence-electron chi connectivity index (χ4n) is 2.61. The van der Waals surface area contributed by atoms with E-state index < -0.39 is 15.1 Å². The van der Waals surface area contributed by atoms with E-state index in [-0.39, 0.29) is 23.5 Å². The zero-order chi connectivity index (χ0) is 18.0. The predicted octanol–water partition coefficient (Wildman–Crippen LogP) is 2.31. The maximum absolute atomic E-state index is 12.3. The summed E-state index contributed by atoms with van der Waals surface area (Å²) in [5, 5.41) is 3.76. The van der Waals surface area contributed by atoms with Gasteiger partial charge in [0.05, 0.1) is 16.8 Å². The van der Waals surface area contributed by atoms with Crippen LogP contribution < -0.4 is 5.32 Å². The highest BCUT2D eigenvalue weighted by molar-refractivity contribution is 8.00. The van der Waals surface area contributed by atoms with E-state index >= 15 is 0 Å². The molecule has 0 bridgehead atoms. The van der Waals surface area contributed by atoms with Crippen molar-refractivity contribution < 1.29 is 13.2 Å². The van der Waals surface area contributed by atoms with E-state index in [0.29, 0.717) is 16.6 Å². The number of nitrogens with one attached hydrogen (secondary N) is 1. The average Bonchev–Trinajstić information content (AvgIpc) is 3.14. The van der Waals surface area contributed by atoms with Gasteiger partial charge in [0.2, 0.25) is 5.91 Å². The van der Waals surface area contributed by atoms with Crippen LogP contribution in [0.25, 0.3) is 5.69 Å². The van der Waals surface area contributed by atoms with Crippen LogP contribution in [0.2, 0.25) is 5.02 Å². The third-order valence-electron chi connectivity index (χ3n) is 3.94. The lowest BCUT2D eigenvalue weighted by atomic mass is 10.2. The number of imidazole rings is 1. The molecule has 134 valence electrons. The maximum atomic E-state index is 12.3. The quantitative estimate of drug-likeness (QED) is 0.780. The van der Waals surface area contributed by atoms with Gasteiger partial charge in [-0.25, -0.2) is 13.4 Å². The highest BCUT2D eigenvalue weighted by Crippen LogP contribution is 2.25. The standard InChI is InChI=1S/C16H18ClN3O3S2/c1-11(15(21)19-13-6-9-25(22,23)10-13)24-16-18-7-8-20(16)14-4-2-12(17)3-5-14/h2-5,7-8,11,13H,6,9-10H2,1H3,(H,19,21)/t11-,13+/m0/s1. The molecule has 0 saturated carbocycles. The van der Waals surface area contributed by atoms with Crippen LogP contribution in [0.1, 0.15) is 13.3 Å². The first-order chi connectivity index (χ1) is 11.8. The Morgan fingerprint density at radius 1 is 1.40 bits per heavy atom. The molecule has 3 rings (SSSR count). The summed E-state index contributed by atoms with van der Waals surface area (Å²) in [6, 6.07) is 7.05. The number of sulfone groups is 1. The van der Waals surface area contributed by atoms with Gasteiger partial charge in [-0.3, -0.25) is 9.36 Å². The van der Waals surface area contributed by atoms with Gasteiger partial charge in [-0.15, -0.1) is 0 Å². The fraction of sp³-hybridized carbons (Fsp3) is 0.375. The van der Waals surface area contributed by atoms with Gasteiger partial charge in [0.1, 0.15) is 0 Å². The molecular formula is C16H18ClN3O3S2. The number of aromatic nitrogens is 2. The van der Waals surface area contributed by atoms with E-state index in [1.807, 2.05) is 22.9 Å². The minimum absolute atomic E-state index is 0.0233. The molecule has 0 radical (unpaired) electrons. The molecule has 2 atom stereocenters. The Hall–Kier alpha value is -1.51. The third-order valence-corrected chi connectivity index (χ3v) is 7.04. The van der Waals surface area contributed by atoms with Crippen molar-refractivity contribution in [1.29, 1.82) is 0 Å².